The van der Waals surface area contributed by atoms with Crippen LogP contribution in [0.3, 0.4) is 0 Å². The Kier molecular flexibility index (Phi) is 6.72. The number of hydrogen-bond acceptors (Lipinski definition) is 6. The number of carbonyl (C=O) groups is 1. The summed E-state index contributed by atoms with van der Waals surface area (Å²) >= 11 is 0. The molecule has 1 aliphatic heterocycles. The van der Waals surface area contributed by atoms with Crippen LogP contribution in [-0.2, 0) is 0 Å². The van der Waals surface area contributed by atoms with Crippen LogP contribution in [0.4, 0.5) is 32.1 Å². The van der Waals surface area contributed by atoms with Gasteiger partial charge in [0.15, 0.2) is 23.1 Å². The summed E-state index contributed by atoms with van der Waals surface area (Å²) in [6, 6.07) is 15.1. The van der Waals surface area contributed by atoms with E-state index in [1.165, 1.54) is 42.0 Å². The van der Waals surface area contributed by atoms with Gasteiger partial charge in [-0.3, -0.25) is 0 Å². The zero-order valence-electron chi connectivity index (χ0n) is 19.3. The molecule has 1 unspecified atom stereocenters. The van der Waals surface area contributed by atoms with Crippen LogP contribution in [0, 0.1) is 17.6 Å². The van der Waals surface area contributed by atoms with E-state index in [0.717, 1.165) is 5.69 Å². The largest absolute Gasteiger partial charge is 0.494 e. The van der Waals surface area contributed by atoms with Crippen LogP contribution in [0.5, 0.6) is 5.75 Å². The Bertz CT molecular complexity index is 1200. The van der Waals surface area contributed by atoms with E-state index in [0.29, 0.717) is 19.6 Å². The molecule has 8 nitrogen and oxygen atoms in total. The maximum absolute atomic E-state index is 14.6. The minimum Gasteiger partial charge on any atom is -0.494 e. The number of nitrogens with zero attached hydrogens (tertiary/aromatic N) is 5. The van der Waals surface area contributed by atoms with Crippen molar-refractivity contribution in [1.82, 2.24) is 9.88 Å². The summed E-state index contributed by atoms with van der Waals surface area (Å²) in [6.07, 6.45) is 1.46. The molecule has 2 amide bonds. The van der Waals surface area contributed by atoms with Gasteiger partial charge in [-0.1, -0.05) is 12.1 Å². The number of aromatic nitrogens is 1. The minimum atomic E-state index is -0.632. The van der Waals surface area contributed by atoms with E-state index >= 15 is 0 Å². The second kappa shape index (κ2) is 9.86. The molecule has 0 radical (unpaired) electrons. The van der Waals surface area contributed by atoms with Crippen molar-refractivity contribution in [2.45, 2.75) is 19.9 Å². The van der Waals surface area contributed by atoms with Gasteiger partial charge in [0.1, 0.15) is 0 Å². The van der Waals surface area contributed by atoms with Crippen LogP contribution < -0.4 is 14.5 Å². The number of benzene rings is 2. The van der Waals surface area contributed by atoms with Crippen molar-refractivity contribution in [1.29, 1.82) is 0 Å². The van der Waals surface area contributed by atoms with Crippen molar-refractivity contribution in [3.05, 3.63) is 77.1 Å². The van der Waals surface area contributed by atoms with Crippen molar-refractivity contribution in [2.75, 3.05) is 36.5 Å². The highest BCUT2D eigenvalue weighted by molar-refractivity contribution is 6.01. The summed E-state index contributed by atoms with van der Waals surface area (Å²) in [5.41, 5.74) is 2.48. The van der Waals surface area contributed by atoms with Gasteiger partial charge in [-0.15, -0.1) is 4.91 Å². The van der Waals surface area contributed by atoms with Crippen LogP contribution in [0.1, 0.15) is 12.5 Å². The monoisotopic (exact) mass is 463 g/mol. The predicted molar refractivity (Wildman–Crippen MR) is 130 cm³/mol. The van der Waals surface area contributed by atoms with Crippen molar-refractivity contribution in [3.8, 4) is 5.75 Å². The number of pyridine rings is 1. The van der Waals surface area contributed by atoms with Crippen molar-refractivity contribution >= 4 is 28.9 Å². The van der Waals surface area contributed by atoms with Gasteiger partial charge in [0.25, 0.3) is 0 Å². The highest BCUT2D eigenvalue weighted by Crippen LogP contribution is 2.35. The maximum atomic E-state index is 14.6. The molecule has 0 saturated carbocycles. The fourth-order valence-electron chi connectivity index (χ4n) is 4.21. The lowest BCUT2D eigenvalue weighted by molar-refractivity contribution is 0.195. The van der Waals surface area contributed by atoms with Gasteiger partial charge >= 0.3 is 6.03 Å². The second-order valence-corrected chi connectivity index (χ2v) is 8.20. The number of carbonyl (C=O) groups excluding carboxylic acids is 1. The maximum Gasteiger partial charge on any atom is 0.330 e. The Morgan fingerprint density at radius 1 is 1.18 bits per heavy atom. The molecule has 2 heterocycles. The quantitative estimate of drug-likeness (QED) is 0.473. The number of halogens is 1. The van der Waals surface area contributed by atoms with Gasteiger partial charge in [-0.25, -0.2) is 19.1 Å². The number of piperazine rings is 1. The molecule has 2 aromatic carbocycles. The third-order valence-corrected chi connectivity index (χ3v) is 5.89. The topological polar surface area (TPSA) is 78.3 Å². The Balaban J connectivity index is 1.66. The third kappa shape index (κ3) is 4.54. The van der Waals surface area contributed by atoms with Gasteiger partial charge in [-0.05, 0) is 61.0 Å². The normalized spacial score (nSPS) is 15.7. The zero-order chi connectivity index (χ0) is 24.2. The second-order valence-electron chi connectivity index (χ2n) is 8.20. The van der Waals surface area contributed by atoms with E-state index in [2.05, 4.69) is 34.1 Å². The Morgan fingerprint density at radius 2 is 2.00 bits per heavy atom. The first-order valence-corrected chi connectivity index (χ1v) is 11.0. The summed E-state index contributed by atoms with van der Waals surface area (Å²) in [6.45, 7) is 5.62. The first-order valence-electron chi connectivity index (χ1n) is 11.0. The summed E-state index contributed by atoms with van der Waals surface area (Å²) in [7, 11) is 1.36. The fraction of sp³-hybridized carbons (Fsp3) is 0.280. The predicted octanol–water partition coefficient (Wildman–Crippen LogP) is 5.40. The summed E-state index contributed by atoms with van der Waals surface area (Å²) in [4.78, 5) is 34.6. The standard InChI is InChI=1S/C25H26FN5O3/c1-17-6-4-7-19(14-17)30-13-12-29(16-18(30)2)25(32)31(24-22(28-33)8-5-11-27-24)20-9-10-23(34-3)21(26)15-20/h4-11,14-15,18H,12-13,16H2,1-3H3. The number of anilines is 3. The third-order valence-electron chi connectivity index (χ3n) is 5.89. The molecule has 1 fully saturated rings. The van der Waals surface area contributed by atoms with Gasteiger partial charge in [-0.2, -0.15) is 0 Å². The van der Waals surface area contributed by atoms with Gasteiger partial charge < -0.3 is 14.5 Å². The summed E-state index contributed by atoms with van der Waals surface area (Å²) in [5, 5.41) is 3.02. The van der Waals surface area contributed by atoms with E-state index in [1.54, 1.807) is 17.0 Å². The molecular weight excluding hydrogens is 437 g/mol. The van der Waals surface area contributed by atoms with Crippen molar-refractivity contribution < 1.29 is 13.9 Å². The molecule has 0 N–H and O–H groups in total. The molecule has 1 atom stereocenters. The van der Waals surface area contributed by atoms with Crippen molar-refractivity contribution in [2.24, 2.45) is 5.18 Å². The molecule has 176 valence electrons. The first-order chi connectivity index (χ1) is 16.4. The van der Waals surface area contributed by atoms with Crippen LogP contribution in [-0.4, -0.2) is 48.7 Å². The van der Waals surface area contributed by atoms with Gasteiger partial charge in [0.05, 0.1) is 12.8 Å². The first kappa shape index (κ1) is 23.2. The highest BCUT2D eigenvalue weighted by Gasteiger charge is 2.33. The van der Waals surface area contributed by atoms with Gasteiger partial charge in [0, 0.05) is 43.6 Å². The summed E-state index contributed by atoms with van der Waals surface area (Å²) < 4.78 is 19.6. The van der Waals surface area contributed by atoms with Crippen molar-refractivity contribution in [3.63, 3.8) is 0 Å². The highest BCUT2D eigenvalue weighted by atomic mass is 19.1. The Labute approximate surface area is 197 Å². The van der Waals surface area contributed by atoms with E-state index < -0.39 is 11.8 Å². The molecule has 4 rings (SSSR count). The number of aryl methyl sites for hydroxylation is 1. The Morgan fingerprint density at radius 3 is 2.68 bits per heavy atom. The molecule has 3 aromatic rings. The number of methoxy groups -OCH3 is 1. The lowest BCUT2D eigenvalue weighted by Gasteiger charge is -2.42. The summed E-state index contributed by atoms with van der Waals surface area (Å²) in [5.74, 6) is -0.542. The number of ether oxygens (including phenoxy) is 1. The number of amides is 2. The average Bonchev–Trinajstić information content (AvgIpc) is 2.84. The fourth-order valence-corrected chi connectivity index (χ4v) is 4.21. The number of nitroso groups, excluding NO2 is 1. The SMILES string of the molecule is COc1ccc(N(C(=O)N2CCN(c3cccc(C)c3)C(C)C2)c2ncccc2N=O)cc1F. The molecule has 0 bridgehead atoms. The molecule has 1 saturated heterocycles. The lowest BCUT2D eigenvalue weighted by atomic mass is 10.1. The number of hydrogen-bond donors (Lipinski definition) is 0. The van der Waals surface area contributed by atoms with E-state index in [9.17, 15) is 14.1 Å². The zero-order valence-corrected chi connectivity index (χ0v) is 19.3. The van der Waals surface area contributed by atoms with Crippen LogP contribution in [0.2, 0.25) is 0 Å². The van der Waals surface area contributed by atoms with E-state index in [4.69, 9.17) is 4.74 Å². The molecular formula is C25H26FN5O3. The number of rotatable bonds is 5. The molecule has 34 heavy (non-hydrogen) atoms. The smallest absolute Gasteiger partial charge is 0.330 e. The molecule has 0 aliphatic carbocycles. The lowest BCUT2D eigenvalue weighted by Crippen LogP contribution is -2.56. The molecule has 9 heteroatoms. The van der Waals surface area contributed by atoms with Crippen LogP contribution >= 0.6 is 0 Å². The van der Waals surface area contributed by atoms with E-state index in [1.807, 2.05) is 19.1 Å². The molecule has 1 aromatic heterocycles. The average molecular weight is 464 g/mol. The van der Waals surface area contributed by atoms with E-state index in [-0.39, 0.29) is 29.0 Å². The molecule has 0 spiro atoms. The van der Waals surface area contributed by atoms with Crippen LogP contribution in [0.25, 0.3) is 0 Å². The van der Waals surface area contributed by atoms with Gasteiger partial charge in [0.2, 0.25) is 0 Å². The molecule has 1 aliphatic rings. The minimum absolute atomic E-state index is 0.0153. The Hall–Kier alpha value is -4.01. The number of urea groups is 1. The van der Waals surface area contributed by atoms with Crippen LogP contribution in [0.15, 0.2) is 66.0 Å².